The summed E-state index contributed by atoms with van der Waals surface area (Å²) in [5, 5.41) is 0. The highest BCUT2D eigenvalue weighted by atomic mass is 127. The minimum absolute atomic E-state index is 3.06. The van der Waals surface area contributed by atoms with Crippen molar-refractivity contribution in [2.24, 2.45) is 0 Å². The topological polar surface area (TPSA) is 57.2 Å². The van der Waals surface area contributed by atoms with Crippen LogP contribution in [0.4, 0.5) is 110 Å². The molecule has 0 heterocycles. The molecular weight excluding hydrogens is 862 g/mol. The van der Waals surface area contributed by atoms with Crippen molar-refractivity contribution >= 4 is 10.1 Å². The Balaban J connectivity index is 0.00000212. The quantitative estimate of drug-likeness (QED) is 0.0728. The van der Waals surface area contributed by atoms with Gasteiger partial charge in [-0.2, -0.15) is 96.6 Å². The van der Waals surface area contributed by atoms with Crippen LogP contribution in [-0.2, 0) is 10.1 Å². The molecule has 3 nitrogen and oxygen atoms in total. The molecule has 0 saturated heterocycles. The predicted molar refractivity (Wildman–Crippen MR) is 81.4 cm³/mol. The van der Waals surface area contributed by atoms with E-state index in [-0.39, 0.29) is 0 Å². The molecule has 0 N–H and O–H groups in total. The molecule has 0 fully saturated rings. The Bertz CT molecular complexity index is 1330. The summed E-state index contributed by atoms with van der Waals surface area (Å²) in [4.78, 5) is 0. The van der Waals surface area contributed by atoms with E-state index < -0.39 is 115 Å². The molecule has 0 aliphatic heterocycles. The van der Waals surface area contributed by atoms with E-state index in [1.165, 1.54) is 0 Å². The van der Waals surface area contributed by atoms with Crippen molar-refractivity contribution < 1.29 is 144 Å². The second-order valence-corrected chi connectivity index (χ2v) is 11.7. The number of alkyl halides is 21. The van der Waals surface area contributed by atoms with Crippen LogP contribution in [0.25, 0.3) is 0 Å². The van der Waals surface area contributed by atoms with Gasteiger partial charge in [0.15, 0.2) is 10.1 Å². The van der Waals surface area contributed by atoms with Gasteiger partial charge < -0.3 is 4.55 Å². The van der Waals surface area contributed by atoms with Crippen LogP contribution in [0.1, 0.15) is 0 Å². The normalized spacial score (nSPS) is 15.2. The second kappa shape index (κ2) is 12.0. The molecule has 0 aliphatic carbocycles. The minimum Gasteiger partial charge on any atom is -0.741 e. The molecular formula is C15F25IO3S. The van der Waals surface area contributed by atoms with Crippen molar-refractivity contribution in [1.29, 1.82) is 0 Å². The monoisotopic (exact) mass is 862 g/mol. The summed E-state index contributed by atoms with van der Waals surface area (Å²) < 4.78 is 338. The molecule has 0 amide bonds. The first kappa shape index (κ1) is 43.1. The molecule has 1 aromatic carbocycles. The number of hydrogen-bond acceptors (Lipinski definition) is 3. The van der Waals surface area contributed by atoms with Gasteiger partial charge in [0.2, 0.25) is 29.1 Å². The first-order chi connectivity index (χ1) is 19.1. The van der Waals surface area contributed by atoms with Crippen LogP contribution in [-0.4, -0.2) is 64.1 Å². The molecule has 0 aromatic heterocycles. The first-order valence-corrected chi connectivity index (χ1v) is 12.6. The summed E-state index contributed by atoms with van der Waals surface area (Å²) in [6.07, 6.45) is -7.95. The van der Waals surface area contributed by atoms with Crippen LogP contribution in [0.3, 0.4) is 0 Å². The van der Waals surface area contributed by atoms with Gasteiger partial charge >= 0.3 is 72.4 Å². The highest BCUT2D eigenvalue weighted by Gasteiger charge is 2.97. The van der Waals surface area contributed by atoms with Crippen molar-refractivity contribution in [3.8, 4) is 0 Å². The average molecular weight is 862 g/mol. The van der Waals surface area contributed by atoms with Gasteiger partial charge in [0.25, 0.3) is 3.57 Å². The van der Waals surface area contributed by atoms with Gasteiger partial charge in [-0.3, -0.25) is 0 Å². The number of halogens is 26. The maximum absolute atomic E-state index is 13.8. The molecule has 0 unspecified atom stereocenters. The van der Waals surface area contributed by atoms with Crippen LogP contribution in [0.15, 0.2) is 0 Å². The van der Waals surface area contributed by atoms with Crippen LogP contribution < -0.4 is 21.2 Å². The molecule has 266 valence electrons. The number of hydrogen-bond donors (Lipinski definition) is 0. The van der Waals surface area contributed by atoms with Gasteiger partial charge in [-0.15, -0.1) is 0 Å². The standard InChI is InChI=1S/C14F22I.CHF3O3S/c15-1-2(16)4(18)6(5(19)3(1)17)37-14(35,36)12(30,31)10(26,27)8(22,23)7(20,21)9(24,25)11(28,29)13(32,33)34;2-1(3,4)8(5,6)7/h;(H,5,6,7)/q+1;/p-1. The Kier molecular flexibility index (Phi) is 11.5. The van der Waals surface area contributed by atoms with E-state index in [2.05, 4.69) is 0 Å². The van der Waals surface area contributed by atoms with E-state index in [4.69, 9.17) is 13.0 Å². The van der Waals surface area contributed by atoms with Gasteiger partial charge in [-0.05, 0) is 0 Å². The summed E-state index contributed by atoms with van der Waals surface area (Å²) in [5.74, 6) is -68.5. The maximum Gasteiger partial charge on any atom is 0.517 e. The van der Waals surface area contributed by atoms with Crippen LogP contribution >= 0.6 is 0 Å². The molecule has 1 rings (SSSR count). The van der Waals surface area contributed by atoms with Gasteiger partial charge in [0.05, 0.1) is 0 Å². The summed E-state index contributed by atoms with van der Waals surface area (Å²) in [6.45, 7) is 0. The fraction of sp³-hybridized carbons (Fsp3) is 0.600. The third kappa shape index (κ3) is 6.90. The molecule has 30 heteroatoms. The Morgan fingerprint density at radius 2 is 0.644 bits per heavy atom. The van der Waals surface area contributed by atoms with Gasteiger partial charge in [-0.25, -0.2) is 21.6 Å². The van der Waals surface area contributed by atoms with Gasteiger partial charge in [0.1, 0.15) is 0 Å². The third-order valence-electron chi connectivity index (χ3n) is 4.34. The lowest BCUT2D eigenvalue weighted by Crippen LogP contribution is -3.68. The van der Waals surface area contributed by atoms with Crippen molar-refractivity contribution in [2.45, 2.75) is 51.1 Å². The molecule has 1 aromatic rings. The molecule has 0 radical (unpaired) electrons. The Labute approximate surface area is 238 Å². The molecule has 0 aliphatic rings. The third-order valence-corrected chi connectivity index (χ3v) is 7.74. The van der Waals surface area contributed by atoms with Crippen molar-refractivity contribution in [1.82, 2.24) is 0 Å². The zero-order valence-electron chi connectivity index (χ0n) is 19.0. The molecule has 0 bridgehead atoms. The fourth-order valence-corrected chi connectivity index (χ4v) is 4.29. The van der Waals surface area contributed by atoms with E-state index in [1.807, 2.05) is 0 Å². The Morgan fingerprint density at radius 3 is 0.889 bits per heavy atom. The SMILES string of the molecule is Fc1c(F)c(F)c([I+]C(F)(F)C(F)(F)C(F)(F)C(F)(F)C(F)(F)C(F)(F)C(F)(F)C(F)(F)F)c(F)c1F.O=S(=O)([O-])C(F)(F)F. The lowest BCUT2D eigenvalue weighted by molar-refractivity contribution is -0.794. The summed E-state index contributed by atoms with van der Waals surface area (Å²) in [6, 6.07) is 0. The van der Waals surface area contributed by atoms with E-state index >= 15 is 0 Å². The zero-order valence-corrected chi connectivity index (χ0v) is 21.9. The van der Waals surface area contributed by atoms with Crippen LogP contribution in [0.2, 0.25) is 0 Å². The molecule has 0 saturated carbocycles. The van der Waals surface area contributed by atoms with Gasteiger partial charge in [-0.1, -0.05) is 0 Å². The van der Waals surface area contributed by atoms with Crippen molar-refractivity contribution in [2.75, 3.05) is 0 Å². The van der Waals surface area contributed by atoms with Crippen LogP contribution in [0.5, 0.6) is 0 Å². The van der Waals surface area contributed by atoms with E-state index in [0.717, 1.165) is 0 Å². The smallest absolute Gasteiger partial charge is 0.517 e. The predicted octanol–water partition coefficient (Wildman–Crippen LogP) is 4.66. The minimum atomic E-state index is -8.94. The number of benzene rings is 1. The summed E-state index contributed by atoms with van der Waals surface area (Å²) >= 11 is -5.27. The highest BCUT2D eigenvalue weighted by Crippen LogP contribution is 2.63. The fourth-order valence-electron chi connectivity index (χ4n) is 1.98. The van der Waals surface area contributed by atoms with E-state index in [1.54, 1.807) is 0 Å². The maximum atomic E-state index is 13.8. The van der Waals surface area contributed by atoms with Crippen LogP contribution in [0, 0.1) is 32.7 Å². The summed E-state index contributed by atoms with van der Waals surface area (Å²) in [5.41, 5.74) is -5.65. The Hall–Kier alpha value is -1.89. The average Bonchev–Trinajstić information content (AvgIpc) is 2.81. The van der Waals surface area contributed by atoms with Crippen molar-refractivity contribution in [3.05, 3.63) is 32.7 Å². The largest absolute Gasteiger partial charge is 0.741 e. The molecule has 0 atom stereocenters. The first-order valence-electron chi connectivity index (χ1n) is 9.06. The zero-order chi connectivity index (χ0) is 37.2. The van der Waals surface area contributed by atoms with E-state index in [0.29, 0.717) is 0 Å². The Morgan fingerprint density at radius 1 is 0.422 bits per heavy atom. The summed E-state index contributed by atoms with van der Waals surface area (Å²) in [7, 11) is -6.09. The lowest BCUT2D eigenvalue weighted by Gasteiger charge is -2.41. The molecule has 0 spiro atoms. The second-order valence-electron chi connectivity index (χ2n) is 7.32. The molecule has 45 heavy (non-hydrogen) atoms. The highest BCUT2D eigenvalue weighted by molar-refractivity contribution is 7.86. The lowest BCUT2D eigenvalue weighted by atomic mass is 9.91. The van der Waals surface area contributed by atoms with Gasteiger partial charge in [0, 0.05) is 0 Å². The van der Waals surface area contributed by atoms with Crippen molar-refractivity contribution in [3.63, 3.8) is 0 Å². The van der Waals surface area contributed by atoms with E-state index in [9.17, 15) is 110 Å². The number of rotatable bonds is 8.